The lowest BCUT2D eigenvalue weighted by atomic mass is 10.1. The molecule has 1 aliphatic heterocycles. The summed E-state index contributed by atoms with van der Waals surface area (Å²) in [6.07, 6.45) is -0.336. The Morgan fingerprint density at radius 2 is 1.77 bits per heavy atom. The number of nitrogens with zero attached hydrogens (tertiary/aromatic N) is 4. The lowest BCUT2D eigenvalue weighted by molar-refractivity contribution is -0.159. The number of amides is 1. The van der Waals surface area contributed by atoms with Gasteiger partial charge in [-0.1, -0.05) is 19.0 Å². The van der Waals surface area contributed by atoms with Crippen molar-refractivity contribution in [2.24, 2.45) is 0 Å². The van der Waals surface area contributed by atoms with E-state index in [0.29, 0.717) is 18.4 Å². The highest BCUT2D eigenvalue weighted by Gasteiger charge is 2.25. The number of aromatic nitrogens is 2. The number of carbonyl (C=O) groups is 3. The summed E-state index contributed by atoms with van der Waals surface area (Å²) in [5.74, 6) is -3.79. The number of nitrogens with one attached hydrogen (secondary N) is 1. The van der Waals surface area contributed by atoms with Gasteiger partial charge in [-0.3, -0.25) is 9.69 Å². The Kier molecular flexibility index (Phi) is 12.7. The van der Waals surface area contributed by atoms with Crippen molar-refractivity contribution in [1.29, 1.82) is 0 Å². The van der Waals surface area contributed by atoms with Gasteiger partial charge in [-0.25, -0.2) is 14.0 Å². The van der Waals surface area contributed by atoms with E-state index in [9.17, 15) is 14.3 Å². The molecule has 40 heavy (non-hydrogen) atoms. The molecule has 0 saturated carbocycles. The van der Waals surface area contributed by atoms with Crippen LogP contribution in [-0.2, 0) is 9.59 Å². The summed E-state index contributed by atoms with van der Waals surface area (Å²) in [4.78, 5) is 39.1. The van der Waals surface area contributed by atoms with Crippen LogP contribution in [-0.4, -0.2) is 111 Å². The van der Waals surface area contributed by atoms with Crippen LogP contribution in [0.3, 0.4) is 0 Å². The van der Waals surface area contributed by atoms with Gasteiger partial charge in [-0.2, -0.15) is 4.98 Å². The number of aliphatic hydroxyl groups excluding tert-OH is 2. The molecule has 0 bridgehead atoms. The quantitative estimate of drug-likeness (QED) is 0.235. The highest BCUT2D eigenvalue weighted by Crippen LogP contribution is 2.21. The molecule has 0 radical (unpaired) electrons. The number of ether oxygens (including phenoxy) is 1. The average molecular weight is 570 g/mol. The largest absolute Gasteiger partial charge is 0.490 e. The van der Waals surface area contributed by atoms with Crippen LogP contribution in [0.1, 0.15) is 49.3 Å². The van der Waals surface area contributed by atoms with E-state index in [1.165, 1.54) is 12.1 Å². The zero-order chi connectivity index (χ0) is 29.8. The number of rotatable bonds is 11. The molecule has 14 nitrogen and oxygen atoms in total. The number of anilines is 1. The van der Waals surface area contributed by atoms with Crippen molar-refractivity contribution in [2.45, 2.75) is 45.3 Å². The van der Waals surface area contributed by atoms with Crippen LogP contribution in [0.2, 0.25) is 0 Å². The summed E-state index contributed by atoms with van der Waals surface area (Å²) in [7, 11) is 0. The standard InChI is InChI=1S/C23H34FN5O5.C2H2O4/c1-15(2)21-26-23(34-27-21)29-9-7-28(8-10-29)16(3)6-11-33-20-5-4-17(12-19(20)24)22(32)25-13-18(31)14-30;3-1(4)2(5)6/h4-5,12,15-16,18,30-31H,6-11,13-14H2,1-3H3,(H,25,32);(H,3,4)(H,5,6)/t16?,18-;/m1./s1. The van der Waals surface area contributed by atoms with Gasteiger partial charge in [0.1, 0.15) is 0 Å². The van der Waals surface area contributed by atoms with Gasteiger partial charge in [0.15, 0.2) is 17.4 Å². The number of halogens is 1. The van der Waals surface area contributed by atoms with E-state index in [-0.39, 0.29) is 29.8 Å². The van der Waals surface area contributed by atoms with E-state index in [1.54, 1.807) is 0 Å². The van der Waals surface area contributed by atoms with Gasteiger partial charge in [0.2, 0.25) is 0 Å². The molecule has 3 rings (SSSR count). The molecule has 1 unspecified atom stereocenters. The molecule has 2 aromatic rings. The molecular formula is C25H36FN5O9. The van der Waals surface area contributed by atoms with Crippen molar-refractivity contribution < 1.29 is 48.5 Å². The first kappa shape index (κ1) is 32.4. The average Bonchev–Trinajstić information content (AvgIpc) is 3.43. The van der Waals surface area contributed by atoms with Crippen LogP contribution in [0.15, 0.2) is 22.7 Å². The predicted molar refractivity (Wildman–Crippen MR) is 139 cm³/mol. The molecule has 1 fully saturated rings. The topological polar surface area (TPSA) is 199 Å². The fraction of sp³-hybridized carbons (Fsp3) is 0.560. The molecular weight excluding hydrogens is 533 g/mol. The highest BCUT2D eigenvalue weighted by atomic mass is 19.1. The maximum atomic E-state index is 14.4. The fourth-order valence-electron chi connectivity index (χ4n) is 3.60. The van der Waals surface area contributed by atoms with E-state index in [2.05, 4.69) is 32.2 Å². The van der Waals surface area contributed by atoms with E-state index in [1.807, 2.05) is 13.8 Å². The van der Waals surface area contributed by atoms with Gasteiger partial charge >= 0.3 is 18.0 Å². The maximum absolute atomic E-state index is 14.4. The minimum Gasteiger partial charge on any atom is -0.490 e. The Bertz CT molecular complexity index is 1110. The van der Waals surface area contributed by atoms with Gasteiger partial charge in [-0.15, -0.1) is 0 Å². The van der Waals surface area contributed by atoms with Crippen LogP contribution in [0.25, 0.3) is 0 Å². The van der Waals surface area contributed by atoms with Gasteiger partial charge in [0, 0.05) is 50.2 Å². The van der Waals surface area contributed by atoms with Crippen LogP contribution in [0.4, 0.5) is 10.4 Å². The summed E-state index contributed by atoms with van der Waals surface area (Å²) in [5, 5.41) is 39.3. The summed E-state index contributed by atoms with van der Waals surface area (Å²) >= 11 is 0. The summed E-state index contributed by atoms with van der Waals surface area (Å²) in [5.41, 5.74) is 0.114. The number of carboxylic acids is 2. The van der Waals surface area contributed by atoms with Gasteiger partial charge in [-0.05, 0) is 31.5 Å². The SMILES string of the molecule is CC(C)c1noc(N2CCN(C(C)CCOc3ccc(C(=O)NC[C@@H](O)CO)cc3F)CC2)n1.O=C(O)C(=O)O. The Labute approximate surface area is 230 Å². The lowest BCUT2D eigenvalue weighted by Crippen LogP contribution is -2.50. The van der Waals surface area contributed by atoms with Crippen molar-refractivity contribution in [2.75, 3.05) is 50.8 Å². The Morgan fingerprint density at radius 1 is 1.12 bits per heavy atom. The first-order valence-electron chi connectivity index (χ1n) is 12.7. The Hall–Kier alpha value is -3.82. The van der Waals surface area contributed by atoms with Crippen molar-refractivity contribution in [3.63, 3.8) is 0 Å². The van der Waals surface area contributed by atoms with Gasteiger partial charge < -0.3 is 39.9 Å². The molecule has 1 aliphatic rings. The number of aliphatic hydroxyl groups is 2. The third kappa shape index (κ3) is 10.1. The second-order valence-electron chi connectivity index (χ2n) is 9.40. The maximum Gasteiger partial charge on any atom is 0.414 e. The molecule has 15 heteroatoms. The number of benzene rings is 1. The third-order valence-electron chi connectivity index (χ3n) is 6.03. The summed E-state index contributed by atoms with van der Waals surface area (Å²) in [6.45, 7) is 9.22. The van der Waals surface area contributed by atoms with Crippen molar-refractivity contribution in [1.82, 2.24) is 20.4 Å². The Morgan fingerprint density at radius 3 is 2.30 bits per heavy atom. The minimum atomic E-state index is -1.82. The van der Waals surface area contributed by atoms with E-state index >= 15 is 0 Å². The number of carboxylic acid groups (broad SMARTS) is 2. The predicted octanol–water partition coefficient (Wildman–Crippen LogP) is 0.550. The molecule has 0 spiro atoms. The fourth-order valence-corrected chi connectivity index (χ4v) is 3.60. The minimum absolute atomic E-state index is 0.0845. The van der Waals surface area contributed by atoms with Crippen LogP contribution in [0.5, 0.6) is 5.75 Å². The molecule has 5 N–H and O–H groups in total. The number of hydrogen-bond donors (Lipinski definition) is 5. The van der Waals surface area contributed by atoms with Crippen LogP contribution < -0.4 is 15.0 Å². The smallest absolute Gasteiger partial charge is 0.414 e. The second kappa shape index (κ2) is 15.7. The summed E-state index contributed by atoms with van der Waals surface area (Å²) in [6, 6.07) is 4.80. The Balaban J connectivity index is 0.000000840. The van der Waals surface area contributed by atoms with E-state index < -0.39 is 36.4 Å². The molecule has 2 atom stereocenters. The third-order valence-corrected chi connectivity index (χ3v) is 6.03. The van der Waals surface area contributed by atoms with Crippen LogP contribution >= 0.6 is 0 Å². The zero-order valence-corrected chi connectivity index (χ0v) is 22.6. The molecule has 1 saturated heterocycles. The first-order valence-corrected chi connectivity index (χ1v) is 12.7. The highest BCUT2D eigenvalue weighted by molar-refractivity contribution is 6.27. The lowest BCUT2D eigenvalue weighted by Gasteiger charge is -2.37. The monoisotopic (exact) mass is 569 g/mol. The number of carbonyl (C=O) groups excluding carboxylic acids is 1. The number of aliphatic carboxylic acids is 2. The van der Waals surface area contributed by atoms with Gasteiger partial charge in [0.05, 0.1) is 19.3 Å². The van der Waals surface area contributed by atoms with Crippen molar-refractivity contribution in [3.05, 3.63) is 35.4 Å². The number of piperazine rings is 1. The summed E-state index contributed by atoms with van der Waals surface area (Å²) < 4.78 is 25.4. The molecule has 1 amide bonds. The van der Waals surface area contributed by atoms with Crippen molar-refractivity contribution in [3.8, 4) is 5.75 Å². The number of hydrogen-bond acceptors (Lipinski definition) is 11. The molecule has 0 aliphatic carbocycles. The van der Waals surface area contributed by atoms with Gasteiger partial charge in [0.25, 0.3) is 5.91 Å². The first-order chi connectivity index (χ1) is 18.9. The second-order valence-corrected chi connectivity index (χ2v) is 9.40. The van der Waals surface area contributed by atoms with Crippen LogP contribution in [0, 0.1) is 5.82 Å². The zero-order valence-electron chi connectivity index (χ0n) is 22.6. The van der Waals surface area contributed by atoms with E-state index in [4.69, 9.17) is 34.2 Å². The normalized spacial score (nSPS) is 15.1. The molecule has 1 aromatic heterocycles. The van der Waals surface area contributed by atoms with Crippen molar-refractivity contribution >= 4 is 23.9 Å². The molecule has 1 aromatic carbocycles. The van der Waals surface area contributed by atoms with E-state index in [0.717, 1.165) is 38.7 Å². The molecule has 2 heterocycles. The molecule has 222 valence electrons.